The van der Waals surface area contributed by atoms with Gasteiger partial charge in [0, 0.05) is 18.2 Å². The van der Waals surface area contributed by atoms with Gasteiger partial charge in [0.25, 0.3) is 0 Å². The van der Waals surface area contributed by atoms with Gasteiger partial charge in [0.15, 0.2) is 0 Å². The van der Waals surface area contributed by atoms with Crippen LogP contribution in [0.5, 0.6) is 0 Å². The average molecular weight is 225 g/mol. The Bertz CT molecular complexity index is 305. The minimum atomic E-state index is 0.477. The van der Waals surface area contributed by atoms with Crippen molar-refractivity contribution in [1.29, 1.82) is 0 Å². The predicted octanol–water partition coefficient (Wildman–Crippen LogP) is 3.01. The van der Waals surface area contributed by atoms with Crippen LogP contribution in [0.1, 0.15) is 44.3 Å². The highest BCUT2D eigenvalue weighted by molar-refractivity contribution is 5.19. The van der Waals surface area contributed by atoms with Crippen LogP contribution in [0.3, 0.4) is 0 Å². The van der Waals surface area contributed by atoms with Crippen molar-refractivity contribution in [3.8, 4) is 0 Å². The lowest BCUT2D eigenvalue weighted by Crippen LogP contribution is -2.21. The number of hydrogen-bond donors (Lipinski definition) is 1. The van der Waals surface area contributed by atoms with E-state index in [0.717, 1.165) is 36.7 Å². The minimum absolute atomic E-state index is 0.477. The third-order valence-electron chi connectivity index (χ3n) is 2.36. The maximum atomic E-state index is 5.65. The summed E-state index contributed by atoms with van der Waals surface area (Å²) < 4.78 is 11.2. The molecule has 0 radical (unpaired) electrons. The summed E-state index contributed by atoms with van der Waals surface area (Å²) in [4.78, 5) is 0. The van der Waals surface area contributed by atoms with Crippen molar-refractivity contribution < 1.29 is 9.15 Å². The quantitative estimate of drug-likeness (QED) is 0.724. The molecular formula is C13H23NO2. The molecule has 0 aromatic carbocycles. The fraction of sp³-hybridized carbons (Fsp3) is 0.692. The van der Waals surface area contributed by atoms with Gasteiger partial charge in [0.05, 0.1) is 13.2 Å². The number of aryl methyl sites for hydroxylation is 1. The smallest absolute Gasteiger partial charge is 0.118 e. The van der Waals surface area contributed by atoms with Crippen molar-refractivity contribution in [2.24, 2.45) is 0 Å². The highest BCUT2D eigenvalue weighted by atomic mass is 16.5. The first-order valence-corrected chi connectivity index (χ1v) is 6.02. The zero-order chi connectivity index (χ0) is 12.0. The molecule has 0 aliphatic rings. The molecule has 0 spiro atoms. The summed E-state index contributed by atoms with van der Waals surface area (Å²) in [6.07, 6.45) is 1.05. The average Bonchev–Trinajstić information content (AvgIpc) is 2.57. The second-order valence-electron chi connectivity index (χ2n) is 4.38. The van der Waals surface area contributed by atoms with Gasteiger partial charge < -0.3 is 14.5 Å². The van der Waals surface area contributed by atoms with Gasteiger partial charge in [-0.25, -0.2) is 0 Å². The van der Waals surface area contributed by atoms with E-state index < -0.39 is 0 Å². The molecule has 0 unspecified atom stereocenters. The van der Waals surface area contributed by atoms with Crippen LogP contribution < -0.4 is 5.32 Å². The van der Waals surface area contributed by atoms with Crippen molar-refractivity contribution >= 4 is 0 Å². The summed E-state index contributed by atoms with van der Waals surface area (Å²) >= 11 is 0. The van der Waals surface area contributed by atoms with Crippen molar-refractivity contribution in [3.05, 3.63) is 23.2 Å². The lowest BCUT2D eigenvalue weighted by Gasteiger charge is -2.04. The van der Waals surface area contributed by atoms with Gasteiger partial charge in [0.1, 0.15) is 11.5 Å². The monoisotopic (exact) mass is 225 g/mol. The SMILES string of the molecule is CCCOCc1cc(CNC(C)C)oc1C. The Morgan fingerprint density at radius 1 is 1.44 bits per heavy atom. The minimum Gasteiger partial charge on any atom is -0.465 e. The van der Waals surface area contributed by atoms with Gasteiger partial charge in [-0.1, -0.05) is 20.8 Å². The Morgan fingerprint density at radius 2 is 2.19 bits per heavy atom. The van der Waals surface area contributed by atoms with E-state index in [1.54, 1.807) is 0 Å². The second kappa shape index (κ2) is 6.71. The molecule has 1 heterocycles. The van der Waals surface area contributed by atoms with Crippen molar-refractivity contribution in [1.82, 2.24) is 5.32 Å². The van der Waals surface area contributed by atoms with Crippen LogP contribution in [0.15, 0.2) is 10.5 Å². The molecule has 3 nitrogen and oxygen atoms in total. The van der Waals surface area contributed by atoms with Crippen LogP contribution in [0.4, 0.5) is 0 Å². The van der Waals surface area contributed by atoms with E-state index in [-0.39, 0.29) is 0 Å². The maximum absolute atomic E-state index is 5.65. The molecule has 16 heavy (non-hydrogen) atoms. The molecule has 0 saturated carbocycles. The van der Waals surface area contributed by atoms with Crippen LogP contribution >= 0.6 is 0 Å². The van der Waals surface area contributed by atoms with E-state index >= 15 is 0 Å². The molecule has 0 saturated heterocycles. The fourth-order valence-corrected chi connectivity index (χ4v) is 1.45. The van der Waals surface area contributed by atoms with Crippen LogP contribution in [-0.2, 0) is 17.9 Å². The summed E-state index contributed by atoms with van der Waals surface area (Å²) in [5.74, 6) is 1.96. The molecule has 1 rings (SSSR count). The van der Waals surface area contributed by atoms with Crippen LogP contribution in [0.2, 0.25) is 0 Å². The lowest BCUT2D eigenvalue weighted by atomic mass is 10.2. The third-order valence-corrected chi connectivity index (χ3v) is 2.36. The third kappa shape index (κ3) is 4.37. The molecule has 1 aromatic heterocycles. The van der Waals surface area contributed by atoms with Crippen molar-refractivity contribution in [3.63, 3.8) is 0 Å². The van der Waals surface area contributed by atoms with Crippen molar-refractivity contribution in [2.75, 3.05) is 6.61 Å². The Balaban J connectivity index is 2.46. The lowest BCUT2D eigenvalue weighted by molar-refractivity contribution is 0.120. The molecule has 0 atom stereocenters. The summed E-state index contributed by atoms with van der Waals surface area (Å²) in [6.45, 7) is 10.6. The van der Waals surface area contributed by atoms with E-state index in [4.69, 9.17) is 9.15 Å². The number of hydrogen-bond acceptors (Lipinski definition) is 3. The van der Waals surface area contributed by atoms with Gasteiger partial charge in [0.2, 0.25) is 0 Å². The van der Waals surface area contributed by atoms with E-state index in [2.05, 4.69) is 32.2 Å². The Kier molecular flexibility index (Phi) is 5.56. The van der Waals surface area contributed by atoms with Crippen molar-refractivity contribution in [2.45, 2.75) is 53.3 Å². The summed E-state index contributed by atoms with van der Waals surface area (Å²) in [6, 6.07) is 2.56. The van der Waals surface area contributed by atoms with Gasteiger partial charge in [-0.05, 0) is 19.4 Å². The van der Waals surface area contributed by atoms with Gasteiger partial charge >= 0.3 is 0 Å². The fourth-order valence-electron chi connectivity index (χ4n) is 1.45. The standard InChI is InChI=1S/C13H23NO2/c1-5-6-15-9-12-7-13(16-11(12)4)8-14-10(2)3/h7,10,14H,5-6,8-9H2,1-4H3. The molecule has 92 valence electrons. The van der Waals surface area contributed by atoms with Gasteiger partial charge in [-0.2, -0.15) is 0 Å². The number of ether oxygens (including phenoxy) is 1. The predicted molar refractivity (Wildman–Crippen MR) is 65.4 cm³/mol. The van der Waals surface area contributed by atoms with E-state index in [1.807, 2.05) is 6.92 Å². The first kappa shape index (κ1) is 13.3. The normalized spacial score (nSPS) is 11.3. The number of furan rings is 1. The molecule has 3 heteroatoms. The largest absolute Gasteiger partial charge is 0.465 e. The Hall–Kier alpha value is -0.800. The van der Waals surface area contributed by atoms with E-state index in [9.17, 15) is 0 Å². The summed E-state index contributed by atoms with van der Waals surface area (Å²) in [5.41, 5.74) is 1.16. The number of nitrogens with one attached hydrogen (secondary N) is 1. The molecule has 0 aliphatic heterocycles. The molecule has 0 bridgehead atoms. The molecule has 0 aliphatic carbocycles. The van der Waals surface area contributed by atoms with Gasteiger partial charge in [-0.15, -0.1) is 0 Å². The van der Waals surface area contributed by atoms with Crippen LogP contribution in [0.25, 0.3) is 0 Å². The number of rotatable bonds is 7. The zero-order valence-corrected chi connectivity index (χ0v) is 10.8. The summed E-state index contributed by atoms with van der Waals surface area (Å²) in [5, 5.41) is 3.34. The Morgan fingerprint density at radius 3 is 2.81 bits per heavy atom. The molecular weight excluding hydrogens is 202 g/mol. The molecule has 1 aromatic rings. The van der Waals surface area contributed by atoms with Gasteiger partial charge in [-0.3, -0.25) is 0 Å². The van der Waals surface area contributed by atoms with E-state index in [1.165, 1.54) is 0 Å². The highest BCUT2D eigenvalue weighted by Crippen LogP contribution is 2.15. The molecule has 0 amide bonds. The maximum Gasteiger partial charge on any atom is 0.118 e. The van der Waals surface area contributed by atoms with Crippen LogP contribution in [-0.4, -0.2) is 12.6 Å². The first-order valence-electron chi connectivity index (χ1n) is 6.02. The van der Waals surface area contributed by atoms with E-state index in [0.29, 0.717) is 12.6 Å². The second-order valence-corrected chi connectivity index (χ2v) is 4.38. The summed E-state index contributed by atoms with van der Waals surface area (Å²) in [7, 11) is 0. The Labute approximate surface area is 98.2 Å². The molecule has 0 fully saturated rings. The van der Waals surface area contributed by atoms with Crippen LogP contribution in [0, 0.1) is 6.92 Å². The molecule has 1 N–H and O–H groups in total. The highest BCUT2D eigenvalue weighted by Gasteiger charge is 2.07. The first-order chi connectivity index (χ1) is 7.63. The zero-order valence-electron chi connectivity index (χ0n) is 10.8. The topological polar surface area (TPSA) is 34.4 Å².